The van der Waals surface area contributed by atoms with Crippen LogP contribution in [0.1, 0.15) is 27.1 Å². The van der Waals surface area contributed by atoms with Crippen molar-refractivity contribution in [2.24, 2.45) is 11.5 Å². The molecule has 0 aromatic carbocycles. The predicted octanol–water partition coefficient (Wildman–Crippen LogP) is 0.544. The minimum Gasteiger partial charge on any atom is -0.365 e. The Kier molecular flexibility index (Phi) is 4.86. The van der Waals surface area contributed by atoms with Gasteiger partial charge in [0.15, 0.2) is 5.69 Å². The molecule has 120 valence electrons. The SMILES string of the molecule is CCNC(=O)Nc1ccc(-c2nc(C(N)=O)c(C(N)=O)s2)cn1. The van der Waals surface area contributed by atoms with E-state index in [1.807, 2.05) is 0 Å². The molecule has 2 aromatic heterocycles. The molecular weight excluding hydrogens is 320 g/mol. The lowest BCUT2D eigenvalue weighted by Crippen LogP contribution is -2.28. The number of carbonyl (C=O) groups excluding carboxylic acids is 3. The number of nitrogens with zero attached hydrogens (tertiary/aromatic N) is 2. The van der Waals surface area contributed by atoms with E-state index in [9.17, 15) is 14.4 Å². The molecule has 0 bridgehead atoms. The zero-order chi connectivity index (χ0) is 17.0. The molecule has 0 unspecified atom stereocenters. The monoisotopic (exact) mass is 334 g/mol. The van der Waals surface area contributed by atoms with E-state index in [2.05, 4.69) is 20.6 Å². The zero-order valence-corrected chi connectivity index (χ0v) is 12.9. The molecule has 10 heteroatoms. The summed E-state index contributed by atoms with van der Waals surface area (Å²) in [6.45, 7) is 2.29. The molecule has 0 radical (unpaired) electrons. The van der Waals surface area contributed by atoms with Crippen LogP contribution in [0.2, 0.25) is 0 Å². The minimum atomic E-state index is -0.830. The lowest BCUT2D eigenvalue weighted by Gasteiger charge is -2.05. The summed E-state index contributed by atoms with van der Waals surface area (Å²) in [5, 5.41) is 5.50. The number of anilines is 1. The molecule has 2 heterocycles. The molecule has 0 spiro atoms. The zero-order valence-electron chi connectivity index (χ0n) is 12.1. The first kappa shape index (κ1) is 16.4. The van der Waals surface area contributed by atoms with Crippen molar-refractivity contribution in [1.82, 2.24) is 15.3 Å². The van der Waals surface area contributed by atoms with Crippen molar-refractivity contribution >= 4 is 35.0 Å². The van der Waals surface area contributed by atoms with Crippen LogP contribution in [-0.2, 0) is 0 Å². The molecule has 2 aromatic rings. The minimum absolute atomic E-state index is 0.00275. The van der Waals surface area contributed by atoms with Crippen LogP contribution in [0.3, 0.4) is 0 Å². The van der Waals surface area contributed by atoms with E-state index >= 15 is 0 Å². The quantitative estimate of drug-likeness (QED) is 0.628. The normalized spacial score (nSPS) is 10.1. The van der Waals surface area contributed by atoms with Crippen LogP contribution < -0.4 is 22.1 Å². The summed E-state index contributed by atoms with van der Waals surface area (Å²) < 4.78 is 0. The van der Waals surface area contributed by atoms with Gasteiger partial charge in [0, 0.05) is 18.3 Å². The molecule has 0 aliphatic rings. The average molecular weight is 334 g/mol. The highest BCUT2D eigenvalue weighted by Crippen LogP contribution is 2.27. The highest BCUT2D eigenvalue weighted by molar-refractivity contribution is 7.17. The molecule has 9 nitrogen and oxygen atoms in total. The van der Waals surface area contributed by atoms with Gasteiger partial charge in [0.25, 0.3) is 11.8 Å². The maximum absolute atomic E-state index is 11.4. The Morgan fingerprint density at radius 2 is 1.96 bits per heavy atom. The van der Waals surface area contributed by atoms with Crippen LogP contribution in [0.4, 0.5) is 10.6 Å². The number of hydrogen-bond acceptors (Lipinski definition) is 6. The molecule has 2 rings (SSSR count). The molecule has 23 heavy (non-hydrogen) atoms. The number of carbonyl (C=O) groups is 3. The Bertz CT molecular complexity index is 724. The second-order valence-electron chi connectivity index (χ2n) is 4.34. The third kappa shape index (κ3) is 3.80. The number of nitrogens with two attached hydrogens (primary N) is 2. The first-order chi connectivity index (χ1) is 10.9. The molecule has 0 fully saturated rings. The Labute approximate surface area is 135 Å². The van der Waals surface area contributed by atoms with Crippen molar-refractivity contribution in [2.45, 2.75) is 6.92 Å². The van der Waals surface area contributed by atoms with Crippen molar-refractivity contribution in [2.75, 3.05) is 11.9 Å². The number of thiazole rings is 1. The molecule has 0 saturated carbocycles. The number of hydrogen-bond donors (Lipinski definition) is 4. The molecule has 0 atom stereocenters. The average Bonchev–Trinajstić information content (AvgIpc) is 2.94. The lowest BCUT2D eigenvalue weighted by atomic mass is 10.3. The number of urea groups is 1. The third-order valence-corrected chi connectivity index (χ3v) is 3.79. The molecule has 0 aliphatic heterocycles. The molecular formula is C13H14N6O3S. The summed E-state index contributed by atoms with van der Waals surface area (Å²) in [5.74, 6) is -1.25. The third-order valence-electron chi connectivity index (χ3n) is 2.67. The lowest BCUT2D eigenvalue weighted by molar-refractivity contribution is 0.0967. The standard InChI is InChI=1S/C13H14N6O3S/c1-2-16-13(22)18-7-4-3-6(5-17-7)12-19-8(10(14)20)9(23-12)11(15)21/h3-5H,2H2,1H3,(H2,14,20)(H2,15,21)(H2,16,17,18,22). The van der Waals surface area contributed by atoms with E-state index in [0.717, 1.165) is 11.3 Å². The van der Waals surface area contributed by atoms with Gasteiger partial charge in [-0.05, 0) is 19.1 Å². The summed E-state index contributed by atoms with van der Waals surface area (Å²) in [5.41, 5.74) is 10.8. The van der Waals surface area contributed by atoms with Crippen LogP contribution in [0.25, 0.3) is 10.6 Å². The van der Waals surface area contributed by atoms with Gasteiger partial charge in [-0.2, -0.15) is 0 Å². The van der Waals surface area contributed by atoms with Gasteiger partial charge in [-0.1, -0.05) is 0 Å². The summed E-state index contributed by atoms with van der Waals surface area (Å²) in [4.78, 5) is 42.1. The van der Waals surface area contributed by atoms with Gasteiger partial charge in [-0.25, -0.2) is 14.8 Å². The molecule has 4 amide bonds. The van der Waals surface area contributed by atoms with Gasteiger partial charge in [0.05, 0.1) is 0 Å². The molecule has 0 aliphatic carbocycles. The number of primary amides is 2. The van der Waals surface area contributed by atoms with Crippen molar-refractivity contribution in [1.29, 1.82) is 0 Å². The van der Waals surface area contributed by atoms with Crippen LogP contribution in [0.15, 0.2) is 18.3 Å². The number of amides is 4. The fourth-order valence-corrected chi connectivity index (χ4v) is 2.61. The van der Waals surface area contributed by atoms with Crippen LogP contribution in [-0.4, -0.2) is 34.4 Å². The Morgan fingerprint density at radius 1 is 1.22 bits per heavy atom. The first-order valence-electron chi connectivity index (χ1n) is 6.54. The summed E-state index contributed by atoms with van der Waals surface area (Å²) in [7, 11) is 0. The van der Waals surface area contributed by atoms with Crippen LogP contribution >= 0.6 is 11.3 Å². The van der Waals surface area contributed by atoms with Gasteiger partial charge >= 0.3 is 6.03 Å². The smallest absolute Gasteiger partial charge is 0.320 e. The summed E-state index contributed by atoms with van der Waals surface area (Å²) >= 11 is 0.951. The van der Waals surface area contributed by atoms with Gasteiger partial charge in [0.2, 0.25) is 0 Å². The number of nitrogens with one attached hydrogen (secondary N) is 2. The van der Waals surface area contributed by atoms with Crippen molar-refractivity contribution in [3.05, 3.63) is 28.9 Å². The van der Waals surface area contributed by atoms with E-state index in [4.69, 9.17) is 11.5 Å². The van der Waals surface area contributed by atoms with E-state index in [-0.39, 0.29) is 16.6 Å². The number of pyridine rings is 1. The first-order valence-corrected chi connectivity index (χ1v) is 7.35. The van der Waals surface area contributed by atoms with Crippen molar-refractivity contribution < 1.29 is 14.4 Å². The predicted molar refractivity (Wildman–Crippen MR) is 85.1 cm³/mol. The topological polar surface area (TPSA) is 153 Å². The molecule has 6 N–H and O–H groups in total. The van der Waals surface area contributed by atoms with Gasteiger partial charge in [0.1, 0.15) is 15.7 Å². The highest BCUT2D eigenvalue weighted by Gasteiger charge is 2.20. The largest absolute Gasteiger partial charge is 0.365 e. The van der Waals surface area contributed by atoms with E-state index in [1.165, 1.54) is 6.20 Å². The second-order valence-corrected chi connectivity index (χ2v) is 5.34. The number of rotatable bonds is 5. The Morgan fingerprint density at radius 3 is 2.43 bits per heavy atom. The molecule has 0 saturated heterocycles. The van der Waals surface area contributed by atoms with Crippen molar-refractivity contribution in [3.8, 4) is 10.6 Å². The fraction of sp³-hybridized carbons (Fsp3) is 0.154. The van der Waals surface area contributed by atoms with Gasteiger partial charge in [-0.3, -0.25) is 14.9 Å². The summed E-state index contributed by atoms with van der Waals surface area (Å²) in [6, 6.07) is 2.84. The number of aromatic nitrogens is 2. The Balaban J connectivity index is 2.26. The van der Waals surface area contributed by atoms with Gasteiger partial charge in [-0.15, -0.1) is 11.3 Å². The van der Waals surface area contributed by atoms with E-state index in [0.29, 0.717) is 22.9 Å². The second kappa shape index (κ2) is 6.83. The maximum atomic E-state index is 11.4. The summed E-state index contributed by atoms with van der Waals surface area (Å²) in [6.07, 6.45) is 1.45. The fourth-order valence-electron chi connectivity index (χ4n) is 1.69. The van der Waals surface area contributed by atoms with Gasteiger partial charge < -0.3 is 16.8 Å². The van der Waals surface area contributed by atoms with E-state index < -0.39 is 11.8 Å². The van der Waals surface area contributed by atoms with Crippen molar-refractivity contribution in [3.63, 3.8) is 0 Å². The van der Waals surface area contributed by atoms with Crippen LogP contribution in [0, 0.1) is 0 Å². The maximum Gasteiger partial charge on any atom is 0.320 e. The highest BCUT2D eigenvalue weighted by atomic mass is 32.1. The Hall–Kier alpha value is -3.01. The van der Waals surface area contributed by atoms with Crippen LogP contribution in [0.5, 0.6) is 0 Å². The van der Waals surface area contributed by atoms with E-state index in [1.54, 1.807) is 19.1 Å².